The summed E-state index contributed by atoms with van der Waals surface area (Å²) in [5.74, 6) is 1.45. The SMILES string of the molecule is CC(C)(C)SCc1noc(-c2cc(O)cc(O)c2)n1. The Hall–Kier alpha value is -1.69. The largest absolute Gasteiger partial charge is 0.508 e. The van der Waals surface area contributed by atoms with E-state index in [0.717, 1.165) is 0 Å². The van der Waals surface area contributed by atoms with Crippen molar-refractivity contribution in [1.82, 2.24) is 10.1 Å². The molecule has 0 fully saturated rings. The van der Waals surface area contributed by atoms with Gasteiger partial charge in [0.1, 0.15) is 11.5 Å². The number of hydrogen-bond donors (Lipinski definition) is 2. The fourth-order valence-electron chi connectivity index (χ4n) is 1.43. The lowest BCUT2D eigenvalue weighted by molar-refractivity contribution is 0.422. The molecule has 0 saturated carbocycles. The van der Waals surface area contributed by atoms with Gasteiger partial charge in [-0.2, -0.15) is 4.98 Å². The summed E-state index contributed by atoms with van der Waals surface area (Å²) in [6.45, 7) is 6.35. The number of nitrogens with zero attached hydrogens (tertiary/aromatic N) is 2. The van der Waals surface area contributed by atoms with Crippen molar-refractivity contribution >= 4 is 11.8 Å². The molecule has 102 valence electrons. The van der Waals surface area contributed by atoms with Crippen LogP contribution in [0.25, 0.3) is 11.5 Å². The molecule has 0 unspecified atom stereocenters. The molecule has 0 bridgehead atoms. The average Bonchev–Trinajstić information content (AvgIpc) is 2.72. The molecule has 1 aromatic carbocycles. The lowest BCUT2D eigenvalue weighted by atomic mass is 10.2. The number of thioether (sulfide) groups is 1. The maximum absolute atomic E-state index is 9.42. The molecule has 0 aliphatic carbocycles. The van der Waals surface area contributed by atoms with Crippen molar-refractivity contribution in [1.29, 1.82) is 0 Å². The fraction of sp³-hybridized carbons (Fsp3) is 0.385. The van der Waals surface area contributed by atoms with Crippen LogP contribution in [-0.2, 0) is 5.75 Å². The third-order valence-corrected chi connectivity index (χ3v) is 3.52. The van der Waals surface area contributed by atoms with E-state index in [-0.39, 0.29) is 22.1 Å². The van der Waals surface area contributed by atoms with Gasteiger partial charge >= 0.3 is 0 Å². The topological polar surface area (TPSA) is 79.4 Å². The van der Waals surface area contributed by atoms with E-state index in [1.165, 1.54) is 18.2 Å². The molecule has 0 atom stereocenters. The van der Waals surface area contributed by atoms with Gasteiger partial charge in [-0.15, -0.1) is 11.8 Å². The molecule has 0 amide bonds. The Morgan fingerprint density at radius 3 is 2.37 bits per heavy atom. The van der Waals surface area contributed by atoms with Crippen molar-refractivity contribution in [3.05, 3.63) is 24.0 Å². The highest BCUT2D eigenvalue weighted by molar-refractivity contribution is 7.99. The van der Waals surface area contributed by atoms with Crippen LogP contribution in [0.3, 0.4) is 0 Å². The zero-order chi connectivity index (χ0) is 14.0. The van der Waals surface area contributed by atoms with Gasteiger partial charge < -0.3 is 14.7 Å². The molecular weight excluding hydrogens is 264 g/mol. The third kappa shape index (κ3) is 3.89. The number of phenolic OH excluding ortho intramolecular Hbond substituents is 2. The van der Waals surface area contributed by atoms with E-state index in [2.05, 4.69) is 30.9 Å². The second-order valence-electron chi connectivity index (χ2n) is 5.15. The minimum atomic E-state index is -0.0428. The normalized spacial score (nSPS) is 11.7. The average molecular weight is 280 g/mol. The summed E-state index contributed by atoms with van der Waals surface area (Å²) in [5, 5.41) is 22.7. The summed E-state index contributed by atoms with van der Waals surface area (Å²) < 4.78 is 5.26. The Kier molecular flexibility index (Phi) is 3.71. The minimum absolute atomic E-state index is 0.0428. The van der Waals surface area contributed by atoms with Crippen LogP contribution in [0.1, 0.15) is 26.6 Å². The summed E-state index contributed by atoms with van der Waals surface area (Å²) in [5.41, 5.74) is 0.497. The Labute approximate surface area is 115 Å². The number of hydrogen-bond acceptors (Lipinski definition) is 6. The maximum atomic E-state index is 9.42. The van der Waals surface area contributed by atoms with E-state index >= 15 is 0 Å². The van der Waals surface area contributed by atoms with Crippen LogP contribution in [0.2, 0.25) is 0 Å². The van der Waals surface area contributed by atoms with Crippen molar-refractivity contribution < 1.29 is 14.7 Å². The standard InChI is InChI=1S/C13H16N2O3S/c1-13(2,3)19-7-11-14-12(18-15-11)8-4-9(16)6-10(17)5-8/h4-6,16-17H,7H2,1-3H3. The molecule has 1 aromatic heterocycles. The van der Waals surface area contributed by atoms with Gasteiger partial charge in [-0.05, 0) is 12.1 Å². The summed E-state index contributed by atoms with van der Waals surface area (Å²) in [6.07, 6.45) is 0. The number of phenols is 2. The molecule has 0 spiro atoms. The highest BCUT2D eigenvalue weighted by Gasteiger charge is 2.15. The second kappa shape index (κ2) is 5.13. The molecule has 2 aromatic rings. The van der Waals surface area contributed by atoms with Crippen LogP contribution in [0.5, 0.6) is 11.5 Å². The summed E-state index contributed by atoms with van der Waals surface area (Å²) in [4.78, 5) is 4.24. The number of benzene rings is 1. The molecule has 1 heterocycles. The summed E-state index contributed by atoms with van der Waals surface area (Å²) in [6, 6.07) is 4.18. The predicted octanol–water partition coefficient (Wildman–Crippen LogP) is 3.18. The Balaban J connectivity index is 2.16. The molecular formula is C13H16N2O3S. The van der Waals surface area contributed by atoms with Gasteiger partial charge in [0.25, 0.3) is 5.89 Å². The predicted molar refractivity (Wildman–Crippen MR) is 74.1 cm³/mol. The molecule has 0 aliphatic heterocycles. The quantitative estimate of drug-likeness (QED) is 0.899. The van der Waals surface area contributed by atoms with Gasteiger partial charge in [0, 0.05) is 16.4 Å². The number of rotatable bonds is 3. The first-order valence-corrected chi connectivity index (χ1v) is 6.82. The van der Waals surface area contributed by atoms with Crippen molar-refractivity contribution in [2.45, 2.75) is 31.3 Å². The van der Waals surface area contributed by atoms with E-state index in [0.29, 0.717) is 17.1 Å². The van der Waals surface area contributed by atoms with Crippen LogP contribution in [0, 0.1) is 0 Å². The minimum Gasteiger partial charge on any atom is -0.508 e. The molecule has 2 rings (SSSR count). The van der Waals surface area contributed by atoms with Crippen LogP contribution >= 0.6 is 11.8 Å². The first kappa shape index (κ1) is 13.7. The van der Waals surface area contributed by atoms with Gasteiger partial charge in [-0.25, -0.2) is 0 Å². The Bertz CT molecular complexity index is 555. The highest BCUT2D eigenvalue weighted by atomic mass is 32.2. The van der Waals surface area contributed by atoms with Crippen LogP contribution in [-0.4, -0.2) is 25.1 Å². The molecule has 0 saturated heterocycles. The fourth-order valence-corrected chi connectivity index (χ4v) is 2.11. The Morgan fingerprint density at radius 1 is 1.16 bits per heavy atom. The van der Waals surface area contributed by atoms with E-state index in [4.69, 9.17) is 4.52 Å². The van der Waals surface area contributed by atoms with Crippen molar-refractivity contribution in [2.24, 2.45) is 0 Å². The maximum Gasteiger partial charge on any atom is 0.258 e. The van der Waals surface area contributed by atoms with Gasteiger partial charge in [-0.1, -0.05) is 25.9 Å². The molecule has 2 N–H and O–H groups in total. The van der Waals surface area contributed by atoms with Gasteiger partial charge in [0.15, 0.2) is 5.82 Å². The highest BCUT2D eigenvalue weighted by Crippen LogP contribution is 2.29. The van der Waals surface area contributed by atoms with Gasteiger partial charge in [0.2, 0.25) is 0 Å². The van der Waals surface area contributed by atoms with Crippen LogP contribution < -0.4 is 0 Å². The van der Waals surface area contributed by atoms with Gasteiger partial charge in [-0.3, -0.25) is 0 Å². The lowest BCUT2D eigenvalue weighted by Gasteiger charge is -2.15. The molecule has 5 nitrogen and oxygen atoms in total. The zero-order valence-electron chi connectivity index (χ0n) is 11.0. The van der Waals surface area contributed by atoms with Crippen molar-refractivity contribution in [3.63, 3.8) is 0 Å². The summed E-state index contributed by atoms with van der Waals surface area (Å²) >= 11 is 1.72. The Morgan fingerprint density at radius 2 is 1.79 bits per heavy atom. The van der Waals surface area contributed by atoms with Crippen LogP contribution in [0.4, 0.5) is 0 Å². The zero-order valence-corrected chi connectivity index (χ0v) is 11.9. The van der Waals surface area contributed by atoms with E-state index in [1.807, 2.05) is 0 Å². The summed E-state index contributed by atoms with van der Waals surface area (Å²) in [7, 11) is 0. The monoisotopic (exact) mass is 280 g/mol. The third-order valence-electron chi connectivity index (χ3n) is 2.25. The first-order valence-electron chi connectivity index (χ1n) is 5.83. The first-order chi connectivity index (χ1) is 8.83. The van der Waals surface area contributed by atoms with E-state index < -0.39 is 0 Å². The molecule has 0 aliphatic rings. The van der Waals surface area contributed by atoms with Gasteiger partial charge in [0.05, 0.1) is 5.75 Å². The lowest BCUT2D eigenvalue weighted by Crippen LogP contribution is -2.07. The van der Waals surface area contributed by atoms with E-state index in [9.17, 15) is 10.2 Å². The second-order valence-corrected chi connectivity index (χ2v) is 6.96. The number of aromatic nitrogens is 2. The van der Waals surface area contributed by atoms with Crippen molar-refractivity contribution in [3.8, 4) is 23.0 Å². The smallest absolute Gasteiger partial charge is 0.258 e. The molecule has 19 heavy (non-hydrogen) atoms. The molecule has 0 radical (unpaired) electrons. The van der Waals surface area contributed by atoms with Crippen LogP contribution in [0.15, 0.2) is 22.7 Å². The number of aromatic hydroxyl groups is 2. The van der Waals surface area contributed by atoms with Crippen molar-refractivity contribution in [2.75, 3.05) is 0 Å². The van der Waals surface area contributed by atoms with E-state index in [1.54, 1.807) is 11.8 Å². The molecule has 6 heteroatoms.